The number of nitrogens with two attached hydrogens (primary N) is 4. The molecule has 0 aliphatic heterocycles. The van der Waals surface area contributed by atoms with Crippen LogP contribution in [0, 0.1) is 11.8 Å². The predicted molar refractivity (Wildman–Crippen MR) is 202 cm³/mol. The zero-order chi connectivity index (χ0) is 42.1. The lowest BCUT2D eigenvalue weighted by atomic mass is 10.0. The molecule has 0 aromatic carbocycles. The molecule has 22 nitrogen and oxygen atoms in total. The van der Waals surface area contributed by atoms with Crippen molar-refractivity contribution in [1.82, 2.24) is 42.5 Å². The number of nitrogens with one attached hydrogen (secondary N) is 8. The van der Waals surface area contributed by atoms with Crippen molar-refractivity contribution in [2.24, 2.45) is 39.8 Å². The van der Waals surface area contributed by atoms with Crippen LogP contribution in [-0.2, 0) is 43.2 Å². The van der Waals surface area contributed by atoms with Crippen LogP contribution in [0.15, 0.2) is 4.99 Å². The number of primary amides is 1. The maximum Gasteiger partial charge on any atom is 0.243 e. The van der Waals surface area contributed by atoms with E-state index < -0.39 is 109 Å². The summed E-state index contributed by atoms with van der Waals surface area (Å²) < 4.78 is 0. The Kier molecular flexibility index (Phi) is 24.4. The van der Waals surface area contributed by atoms with E-state index >= 15 is 0 Å². The van der Waals surface area contributed by atoms with Gasteiger partial charge >= 0.3 is 0 Å². The van der Waals surface area contributed by atoms with Crippen LogP contribution >= 0.6 is 0 Å². The van der Waals surface area contributed by atoms with Gasteiger partial charge in [0.1, 0.15) is 24.2 Å². The number of hydrogen-bond donors (Lipinski definition) is 12. The molecule has 0 rings (SSSR count). The summed E-state index contributed by atoms with van der Waals surface area (Å²) in [6.07, 6.45) is 2.26. The highest BCUT2D eigenvalue weighted by Crippen LogP contribution is 2.06. The highest BCUT2D eigenvalue weighted by Gasteiger charge is 2.27. The van der Waals surface area contributed by atoms with Gasteiger partial charge in [-0.3, -0.25) is 48.1 Å². The maximum atomic E-state index is 12.9. The molecule has 0 aromatic heterocycles. The number of rotatable bonds is 27. The second kappa shape index (κ2) is 27.1. The number of carbonyl (C=O) groups excluding carboxylic acids is 9. The average molecular weight is 784 g/mol. The first-order valence-electron chi connectivity index (χ1n) is 18.1. The Bertz CT molecular complexity index is 1350. The van der Waals surface area contributed by atoms with Crippen LogP contribution in [0.25, 0.3) is 0 Å². The van der Waals surface area contributed by atoms with Gasteiger partial charge in [-0.05, 0) is 56.9 Å². The van der Waals surface area contributed by atoms with Crippen LogP contribution in [0.4, 0.5) is 0 Å². The molecule has 312 valence electrons. The number of nitrogens with zero attached hydrogens (tertiary/aromatic N) is 1. The molecule has 0 saturated carbocycles. The minimum atomic E-state index is -1.10. The largest absolute Gasteiger partial charge is 0.370 e. The van der Waals surface area contributed by atoms with E-state index in [4.69, 9.17) is 22.9 Å². The van der Waals surface area contributed by atoms with E-state index in [-0.39, 0.29) is 31.3 Å². The van der Waals surface area contributed by atoms with Gasteiger partial charge in [0, 0.05) is 13.5 Å². The molecule has 0 saturated heterocycles. The van der Waals surface area contributed by atoms with E-state index in [9.17, 15) is 43.2 Å². The van der Waals surface area contributed by atoms with Crippen molar-refractivity contribution in [3.05, 3.63) is 0 Å². The van der Waals surface area contributed by atoms with E-state index in [1.807, 2.05) is 13.8 Å². The van der Waals surface area contributed by atoms with Gasteiger partial charge in [0.25, 0.3) is 0 Å². The molecule has 0 unspecified atom stereocenters. The Hall–Kier alpha value is -5.54. The van der Waals surface area contributed by atoms with E-state index in [1.165, 1.54) is 6.92 Å². The Morgan fingerprint density at radius 2 is 1.05 bits per heavy atom. The minimum Gasteiger partial charge on any atom is -0.370 e. The summed E-state index contributed by atoms with van der Waals surface area (Å²) in [6.45, 7) is 6.72. The summed E-state index contributed by atoms with van der Waals surface area (Å²) in [6, 6.07) is -4.04. The molecule has 4 atom stereocenters. The number of aliphatic imine (C=N–C) groups is 1. The number of unbranched alkanes of at least 4 members (excludes halogenated alkanes) is 1. The summed E-state index contributed by atoms with van der Waals surface area (Å²) >= 11 is 0. The third-order valence-corrected chi connectivity index (χ3v) is 7.60. The summed E-state index contributed by atoms with van der Waals surface area (Å²) in [5, 5.41) is 19.5. The van der Waals surface area contributed by atoms with Crippen molar-refractivity contribution < 1.29 is 43.2 Å². The Balaban J connectivity index is 4.98. The molecule has 16 N–H and O–H groups in total. The van der Waals surface area contributed by atoms with Gasteiger partial charge < -0.3 is 65.5 Å². The van der Waals surface area contributed by atoms with Gasteiger partial charge in [-0.15, -0.1) is 0 Å². The van der Waals surface area contributed by atoms with Crippen molar-refractivity contribution in [3.63, 3.8) is 0 Å². The number of hydrogen-bond acceptors (Lipinski definition) is 11. The lowest BCUT2D eigenvalue weighted by molar-refractivity contribution is -0.133. The molecular formula is C33H61N13O9. The monoisotopic (exact) mass is 783 g/mol. The standard InChI is InChI=1S/C33H61N13O9/c1-18(2)13-23(31(54)41-16-26(50)44-21(29(35)52)9-6-7-11-34)45-25(49)15-39-24(48)14-42-32(55)28(19(3)4)46-27(51)17-40-30(53)22(43-20(5)47)10-8-12-38-33(36)37/h18-19,21-23,28H,6-17,34H2,1-5H3,(H2,35,52)(H,39,48)(H,40,53)(H,41,54)(H,42,55)(H,43,47)(H,44,50)(H,45,49)(H,46,51)(H4,36,37,38)/t21-,22-,23-,28-/m0/s1. The molecule has 0 aliphatic rings. The van der Waals surface area contributed by atoms with Gasteiger partial charge in [-0.1, -0.05) is 27.7 Å². The van der Waals surface area contributed by atoms with Crippen LogP contribution < -0.4 is 65.5 Å². The minimum absolute atomic E-state index is 0.0457. The van der Waals surface area contributed by atoms with Crippen molar-refractivity contribution in [1.29, 1.82) is 0 Å². The Morgan fingerprint density at radius 1 is 0.564 bits per heavy atom. The van der Waals surface area contributed by atoms with Crippen LogP contribution in [0.5, 0.6) is 0 Å². The van der Waals surface area contributed by atoms with Gasteiger partial charge in [-0.2, -0.15) is 0 Å². The van der Waals surface area contributed by atoms with E-state index in [0.29, 0.717) is 32.2 Å². The molecule has 0 bridgehead atoms. The average Bonchev–Trinajstić information content (AvgIpc) is 3.09. The van der Waals surface area contributed by atoms with Gasteiger partial charge in [0.05, 0.1) is 26.2 Å². The zero-order valence-corrected chi connectivity index (χ0v) is 32.4. The van der Waals surface area contributed by atoms with Gasteiger partial charge in [-0.25, -0.2) is 0 Å². The first kappa shape index (κ1) is 49.5. The fraction of sp³-hybridized carbons (Fsp3) is 0.697. The fourth-order valence-corrected chi connectivity index (χ4v) is 4.85. The lowest BCUT2D eigenvalue weighted by Crippen LogP contribution is -2.55. The Morgan fingerprint density at radius 3 is 1.56 bits per heavy atom. The normalized spacial score (nSPS) is 12.9. The summed E-state index contributed by atoms with van der Waals surface area (Å²) in [7, 11) is 0. The number of amides is 9. The first-order chi connectivity index (χ1) is 25.8. The van der Waals surface area contributed by atoms with Crippen molar-refractivity contribution in [2.75, 3.05) is 39.3 Å². The fourth-order valence-electron chi connectivity index (χ4n) is 4.85. The second-order valence-electron chi connectivity index (χ2n) is 13.5. The van der Waals surface area contributed by atoms with Crippen LogP contribution in [0.1, 0.15) is 73.1 Å². The van der Waals surface area contributed by atoms with E-state index in [2.05, 4.69) is 47.5 Å². The predicted octanol–water partition coefficient (Wildman–Crippen LogP) is -5.22. The topological polar surface area (TPSA) is 366 Å². The van der Waals surface area contributed by atoms with E-state index in [1.54, 1.807) is 13.8 Å². The number of carbonyl (C=O) groups is 9. The quantitative estimate of drug-likeness (QED) is 0.0211. The summed E-state index contributed by atoms with van der Waals surface area (Å²) in [5.41, 5.74) is 21.4. The molecule has 0 aromatic rings. The smallest absolute Gasteiger partial charge is 0.243 e. The van der Waals surface area contributed by atoms with E-state index in [0.717, 1.165) is 0 Å². The third-order valence-electron chi connectivity index (χ3n) is 7.60. The molecular weight excluding hydrogens is 722 g/mol. The number of guanidine groups is 1. The van der Waals surface area contributed by atoms with Crippen molar-refractivity contribution in [2.45, 2.75) is 97.3 Å². The third kappa shape index (κ3) is 23.7. The maximum absolute atomic E-state index is 12.9. The zero-order valence-electron chi connectivity index (χ0n) is 32.4. The lowest BCUT2D eigenvalue weighted by Gasteiger charge is -2.22. The highest BCUT2D eigenvalue weighted by molar-refractivity contribution is 5.95. The summed E-state index contributed by atoms with van der Waals surface area (Å²) in [4.78, 5) is 115. The first-order valence-corrected chi connectivity index (χ1v) is 18.1. The van der Waals surface area contributed by atoms with Gasteiger partial charge in [0.15, 0.2) is 5.96 Å². The molecule has 55 heavy (non-hydrogen) atoms. The highest BCUT2D eigenvalue weighted by atomic mass is 16.2. The van der Waals surface area contributed by atoms with Crippen LogP contribution in [-0.4, -0.2) is 123 Å². The molecule has 9 amide bonds. The van der Waals surface area contributed by atoms with Gasteiger partial charge in [0.2, 0.25) is 53.2 Å². The molecule has 0 aliphatic carbocycles. The second-order valence-corrected chi connectivity index (χ2v) is 13.5. The molecule has 0 heterocycles. The summed E-state index contributed by atoms with van der Waals surface area (Å²) in [5.74, 6) is -6.61. The molecule has 22 heteroatoms. The van der Waals surface area contributed by atoms with Crippen molar-refractivity contribution >= 4 is 59.1 Å². The molecule has 0 spiro atoms. The molecule has 0 fully saturated rings. The van der Waals surface area contributed by atoms with Crippen LogP contribution in [0.3, 0.4) is 0 Å². The van der Waals surface area contributed by atoms with Crippen molar-refractivity contribution in [3.8, 4) is 0 Å². The Labute approximate surface area is 321 Å². The molecule has 0 radical (unpaired) electrons. The SMILES string of the molecule is CC(=O)N[C@@H](CCCN=C(N)N)C(=O)NCC(=O)N[C@H](C(=O)NCC(=O)NCC(=O)N[C@@H](CC(C)C)C(=O)NCC(=O)N[C@@H](CCCCN)C(N)=O)C(C)C. The van der Waals surface area contributed by atoms with Crippen LogP contribution in [0.2, 0.25) is 0 Å².